The molecule has 0 saturated carbocycles. The lowest BCUT2D eigenvalue weighted by Crippen LogP contribution is -2.45. The van der Waals surface area contributed by atoms with Crippen molar-refractivity contribution in [3.63, 3.8) is 0 Å². The molecule has 34 heavy (non-hydrogen) atoms. The molecule has 2 atom stereocenters. The Bertz CT molecular complexity index is 918. The van der Waals surface area contributed by atoms with Crippen LogP contribution < -0.4 is 16.0 Å². The maximum absolute atomic E-state index is 12.8. The Hall–Kier alpha value is -2.87. The summed E-state index contributed by atoms with van der Waals surface area (Å²) >= 11 is 0. The molecule has 2 unspecified atom stereocenters. The molecule has 2 amide bonds. The first-order valence-corrected chi connectivity index (χ1v) is 12.0. The van der Waals surface area contributed by atoms with Gasteiger partial charge in [0.2, 0.25) is 5.91 Å². The molecule has 8 heteroatoms. The summed E-state index contributed by atoms with van der Waals surface area (Å²) in [4.78, 5) is 29.3. The average Bonchev–Trinajstić information content (AvgIpc) is 3.22. The van der Waals surface area contributed by atoms with Crippen LogP contribution in [-0.2, 0) is 15.1 Å². The second kappa shape index (κ2) is 12.0. The Morgan fingerprint density at radius 1 is 1.12 bits per heavy atom. The molecule has 8 nitrogen and oxygen atoms in total. The molecular formula is C26H41N5O3. The zero-order chi connectivity index (χ0) is 25.4. The fourth-order valence-electron chi connectivity index (χ4n) is 3.52. The Morgan fingerprint density at radius 3 is 2.41 bits per heavy atom. The zero-order valence-corrected chi connectivity index (χ0v) is 21.6. The van der Waals surface area contributed by atoms with Gasteiger partial charge in [0, 0.05) is 17.8 Å². The number of anilines is 1. The Balaban J connectivity index is 1.92. The molecule has 188 valence electrons. The van der Waals surface area contributed by atoms with Crippen molar-refractivity contribution in [2.45, 2.75) is 91.0 Å². The van der Waals surface area contributed by atoms with Gasteiger partial charge < -0.3 is 25.3 Å². The summed E-state index contributed by atoms with van der Waals surface area (Å²) in [5, 5.41) is 9.07. The van der Waals surface area contributed by atoms with Crippen molar-refractivity contribution in [1.82, 2.24) is 20.2 Å². The van der Waals surface area contributed by atoms with E-state index in [1.165, 1.54) is 5.56 Å². The van der Waals surface area contributed by atoms with E-state index in [2.05, 4.69) is 53.8 Å². The summed E-state index contributed by atoms with van der Waals surface area (Å²) in [7, 11) is 0. The predicted octanol–water partition coefficient (Wildman–Crippen LogP) is 4.99. The summed E-state index contributed by atoms with van der Waals surface area (Å²) in [6.45, 7) is 14.6. The quantitative estimate of drug-likeness (QED) is 0.429. The summed E-state index contributed by atoms with van der Waals surface area (Å²) in [6.07, 6.45) is 5.07. The highest BCUT2D eigenvalue weighted by Gasteiger charge is 2.25. The van der Waals surface area contributed by atoms with Crippen molar-refractivity contribution in [2.75, 3.05) is 11.9 Å². The normalized spacial score (nSPS) is 13.7. The Morgan fingerprint density at radius 2 is 1.79 bits per heavy atom. The lowest BCUT2D eigenvalue weighted by molar-refractivity contribution is -0.118. The number of nitrogens with one attached hydrogen (secondary N) is 3. The first kappa shape index (κ1) is 27.4. The van der Waals surface area contributed by atoms with Crippen LogP contribution in [0.2, 0.25) is 0 Å². The minimum atomic E-state index is -0.693. The van der Waals surface area contributed by atoms with E-state index in [0.717, 1.165) is 19.4 Å². The number of hydrogen-bond donors (Lipinski definition) is 3. The SMILES string of the molecule is CCCC(NC(=O)OC(C)(C)C)C(=O)Nc1cn(C(C)(C)CCNC(C)c2ccccc2)cn1. The predicted molar refractivity (Wildman–Crippen MR) is 136 cm³/mol. The van der Waals surface area contributed by atoms with Crippen molar-refractivity contribution in [3.8, 4) is 0 Å². The van der Waals surface area contributed by atoms with Crippen molar-refractivity contribution in [3.05, 3.63) is 48.4 Å². The molecule has 0 radical (unpaired) electrons. The molecule has 0 spiro atoms. The van der Waals surface area contributed by atoms with Gasteiger partial charge in [-0.15, -0.1) is 0 Å². The van der Waals surface area contributed by atoms with Gasteiger partial charge in [0.05, 0.1) is 6.33 Å². The molecule has 1 aromatic heterocycles. The van der Waals surface area contributed by atoms with E-state index in [1.54, 1.807) is 27.1 Å². The number of nitrogens with zero attached hydrogens (tertiary/aromatic N) is 2. The number of benzene rings is 1. The molecule has 0 aliphatic rings. The monoisotopic (exact) mass is 471 g/mol. The molecule has 0 aliphatic heterocycles. The molecule has 0 aliphatic carbocycles. The van der Waals surface area contributed by atoms with Gasteiger partial charge in [-0.2, -0.15) is 0 Å². The number of hydrogen-bond acceptors (Lipinski definition) is 5. The van der Waals surface area contributed by atoms with Crippen molar-refractivity contribution in [2.24, 2.45) is 0 Å². The number of alkyl carbamates (subject to hydrolysis) is 1. The van der Waals surface area contributed by atoms with Gasteiger partial charge in [-0.1, -0.05) is 43.7 Å². The van der Waals surface area contributed by atoms with Gasteiger partial charge >= 0.3 is 6.09 Å². The van der Waals surface area contributed by atoms with E-state index < -0.39 is 17.7 Å². The van der Waals surface area contributed by atoms with E-state index >= 15 is 0 Å². The van der Waals surface area contributed by atoms with Crippen LogP contribution >= 0.6 is 0 Å². The van der Waals surface area contributed by atoms with E-state index in [-0.39, 0.29) is 17.5 Å². The number of amides is 2. The van der Waals surface area contributed by atoms with Crippen molar-refractivity contribution in [1.29, 1.82) is 0 Å². The second-order valence-corrected chi connectivity index (χ2v) is 10.3. The third-order valence-corrected chi connectivity index (χ3v) is 5.60. The highest BCUT2D eigenvalue weighted by Crippen LogP contribution is 2.22. The first-order valence-electron chi connectivity index (χ1n) is 12.0. The zero-order valence-electron chi connectivity index (χ0n) is 21.6. The maximum atomic E-state index is 12.8. The second-order valence-electron chi connectivity index (χ2n) is 10.3. The number of ether oxygens (including phenoxy) is 1. The molecule has 2 rings (SSSR count). The molecule has 3 N–H and O–H groups in total. The summed E-state index contributed by atoms with van der Waals surface area (Å²) < 4.78 is 7.30. The highest BCUT2D eigenvalue weighted by atomic mass is 16.6. The molecule has 2 aromatic rings. The van der Waals surface area contributed by atoms with Gasteiger partial charge in [-0.25, -0.2) is 9.78 Å². The maximum Gasteiger partial charge on any atom is 0.408 e. The molecule has 0 fully saturated rings. The minimum absolute atomic E-state index is 0.197. The summed E-state index contributed by atoms with van der Waals surface area (Å²) in [5.41, 5.74) is 0.432. The van der Waals surface area contributed by atoms with E-state index in [9.17, 15) is 9.59 Å². The van der Waals surface area contributed by atoms with Gasteiger partial charge in [0.1, 0.15) is 11.6 Å². The molecule has 0 saturated heterocycles. The van der Waals surface area contributed by atoms with Crippen LogP contribution in [0.15, 0.2) is 42.9 Å². The molecule has 1 aromatic carbocycles. The largest absolute Gasteiger partial charge is 0.444 e. The van der Waals surface area contributed by atoms with Crippen LogP contribution in [-0.4, -0.2) is 39.7 Å². The van der Waals surface area contributed by atoms with Gasteiger partial charge in [0.15, 0.2) is 5.82 Å². The van der Waals surface area contributed by atoms with Gasteiger partial charge in [-0.05, 0) is 66.5 Å². The highest BCUT2D eigenvalue weighted by molar-refractivity contribution is 5.95. The number of aromatic nitrogens is 2. The fourth-order valence-corrected chi connectivity index (χ4v) is 3.52. The van der Waals surface area contributed by atoms with Crippen molar-refractivity contribution >= 4 is 17.8 Å². The number of carbonyl (C=O) groups is 2. The topological polar surface area (TPSA) is 97.3 Å². The Kier molecular flexibility index (Phi) is 9.67. The van der Waals surface area contributed by atoms with E-state index in [4.69, 9.17) is 4.74 Å². The van der Waals surface area contributed by atoms with E-state index in [1.807, 2.05) is 35.9 Å². The smallest absolute Gasteiger partial charge is 0.408 e. The van der Waals surface area contributed by atoms with Crippen LogP contribution in [0, 0.1) is 0 Å². The van der Waals surface area contributed by atoms with Gasteiger partial charge in [0.25, 0.3) is 0 Å². The standard InChI is InChI=1S/C26H41N5O3/c1-8-12-21(29-24(33)34-25(3,4)5)23(32)30-22-17-31(18-28-22)26(6,7)15-16-27-19(2)20-13-10-9-11-14-20/h9-11,13-14,17-19,21,27H,8,12,15-16H2,1-7H3,(H,29,33)(H,30,32). The lowest BCUT2D eigenvalue weighted by atomic mass is 10.00. The van der Waals surface area contributed by atoms with Crippen LogP contribution in [0.4, 0.5) is 10.6 Å². The van der Waals surface area contributed by atoms with Crippen LogP contribution in [0.5, 0.6) is 0 Å². The minimum Gasteiger partial charge on any atom is -0.444 e. The first-order chi connectivity index (χ1) is 15.9. The number of carbonyl (C=O) groups excluding carboxylic acids is 2. The Labute approximate surface area is 203 Å². The summed E-state index contributed by atoms with van der Waals surface area (Å²) in [5.74, 6) is 0.143. The third kappa shape index (κ3) is 8.82. The fraction of sp³-hybridized carbons (Fsp3) is 0.577. The molecular weight excluding hydrogens is 430 g/mol. The number of rotatable bonds is 11. The van der Waals surface area contributed by atoms with Gasteiger partial charge in [-0.3, -0.25) is 4.79 Å². The van der Waals surface area contributed by atoms with E-state index in [0.29, 0.717) is 12.2 Å². The third-order valence-electron chi connectivity index (χ3n) is 5.60. The van der Waals surface area contributed by atoms with Crippen LogP contribution in [0.1, 0.15) is 79.3 Å². The average molecular weight is 472 g/mol. The lowest BCUT2D eigenvalue weighted by Gasteiger charge is -2.27. The summed E-state index contributed by atoms with van der Waals surface area (Å²) in [6, 6.07) is 9.94. The molecule has 1 heterocycles. The number of imidazole rings is 1. The van der Waals surface area contributed by atoms with Crippen LogP contribution in [0.25, 0.3) is 0 Å². The van der Waals surface area contributed by atoms with Crippen LogP contribution in [0.3, 0.4) is 0 Å². The van der Waals surface area contributed by atoms with Crippen molar-refractivity contribution < 1.29 is 14.3 Å². The molecule has 0 bridgehead atoms.